The lowest BCUT2D eigenvalue weighted by atomic mass is 9.83. The molecule has 0 aliphatic rings. The maximum absolute atomic E-state index is 9.46. The Hall–Kier alpha value is -1.33. The lowest BCUT2D eigenvalue weighted by molar-refractivity contribution is 0.209. The minimum Gasteiger partial charge on any atom is -0.301 e. The third-order valence-corrected chi connectivity index (χ3v) is 3.52. The number of rotatable bonds is 4. The summed E-state index contributed by atoms with van der Waals surface area (Å²) < 4.78 is 0. The summed E-state index contributed by atoms with van der Waals surface area (Å²) in [7, 11) is 4.11. The Labute approximate surface area is 111 Å². The van der Waals surface area contributed by atoms with Crippen LogP contribution in [0.5, 0.6) is 0 Å². The van der Waals surface area contributed by atoms with E-state index in [1.165, 1.54) is 16.7 Å². The maximum atomic E-state index is 9.46. The van der Waals surface area contributed by atoms with Gasteiger partial charge in [0.2, 0.25) is 0 Å². The molecule has 0 amide bonds. The predicted octanol–water partition coefficient (Wildman–Crippen LogP) is 3.70. The highest BCUT2D eigenvalue weighted by Gasteiger charge is 2.28. The highest BCUT2D eigenvalue weighted by atomic mass is 15.1. The number of hydrogen-bond donors (Lipinski definition) is 0. The first-order chi connectivity index (χ1) is 8.38. The molecule has 0 saturated heterocycles. The Balaban J connectivity index is 3.28. The maximum Gasteiger partial charge on any atom is 0.0683 e. The molecular weight excluding hydrogens is 220 g/mol. The van der Waals surface area contributed by atoms with Crippen molar-refractivity contribution in [1.29, 1.82) is 5.26 Å². The van der Waals surface area contributed by atoms with Crippen LogP contribution in [0.15, 0.2) is 18.2 Å². The molecule has 1 rings (SSSR count). The SMILES string of the molecule is Cc1ccc(C)c(C(C(C#N)C(C)C)N(C)C)c1. The monoisotopic (exact) mass is 244 g/mol. The fourth-order valence-electron chi connectivity index (χ4n) is 2.46. The van der Waals surface area contributed by atoms with Crippen molar-refractivity contribution in [2.45, 2.75) is 33.7 Å². The Morgan fingerprint density at radius 2 is 1.78 bits per heavy atom. The molecule has 0 fully saturated rings. The van der Waals surface area contributed by atoms with Gasteiger partial charge in [-0.1, -0.05) is 37.6 Å². The normalized spacial score (nSPS) is 14.6. The van der Waals surface area contributed by atoms with Gasteiger partial charge in [0.05, 0.1) is 18.0 Å². The Morgan fingerprint density at radius 3 is 2.22 bits per heavy atom. The number of nitriles is 1. The van der Waals surface area contributed by atoms with Gasteiger partial charge in [-0.15, -0.1) is 0 Å². The first-order valence-electron chi connectivity index (χ1n) is 6.51. The smallest absolute Gasteiger partial charge is 0.0683 e. The standard InChI is InChI=1S/C16H24N2/c1-11(2)15(10-17)16(18(5)6)14-9-12(3)7-8-13(14)4/h7-9,11,15-16H,1-6H3. The second-order valence-corrected chi connectivity index (χ2v) is 5.67. The van der Waals surface area contributed by atoms with E-state index in [2.05, 4.69) is 71.0 Å². The van der Waals surface area contributed by atoms with Crippen molar-refractivity contribution >= 4 is 0 Å². The highest BCUT2D eigenvalue weighted by molar-refractivity contribution is 5.34. The number of aryl methyl sites for hydroxylation is 2. The summed E-state index contributed by atoms with van der Waals surface area (Å²) in [6.45, 7) is 8.47. The van der Waals surface area contributed by atoms with E-state index >= 15 is 0 Å². The van der Waals surface area contributed by atoms with E-state index in [9.17, 15) is 5.26 Å². The molecule has 0 bridgehead atoms. The average molecular weight is 244 g/mol. The summed E-state index contributed by atoms with van der Waals surface area (Å²) in [4.78, 5) is 2.16. The molecule has 1 aromatic rings. The van der Waals surface area contributed by atoms with E-state index in [1.807, 2.05) is 0 Å². The average Bonchev–Trinajstić information content (AvgIpc) is 2.28. The van der Waals surface area contributed by atoms with E-state index in [0.29, 0.717) is 5.92 Å². The van der Waals surface area contributed by atoms with Crippen molar-refractivity contribution < 1.29 is 0 Å². The second-order valence-electron chi connectivity index (χ2n) is 5.67. The molecule has 2 nitrogen and oxygen atoms in total. The highest BCUT2D eigenvalue weighted by Crippen LogP contribution is 2.33. The van der Waals surface area contributed by atoms with Gasteiger partial charge in [0.15, 0.2) is 0 Å². The topological polar surface area (TPSA) is 27.0 Å². The lowest BCUT2D eigenvalue weighted by Crippen LogP contribution is -2.30. The van der Waals surface area contributed by atoms with Crippen molar-refractivity contribution in [1.82, 2.24) is 4.90 Å². The molecule has 0 heterocycles. The number of benzene rings is 1. The van der Waals surface area contributed by atoms with Crippen LogP contribution in [0.25, 0.3) is 0 Å². The summed E-state index contributed by atoms with van der Waals surface area (Å²) in [6, 6.07) is 9.14. The molecule has 0 N–H and O–H groups in total. The van der Waals surface area contributed by atoms with Gasteiger partial charge < -0.3 is 4.90 Å². The van der Waals surface area contributed by atoms with E-state index < -0.39 is 0 Å². The van der Waals surface area contributed by atoms with E-state index in [-0.39, 0.29) is 12.0 Å². The molecule has 2 heteroatoms. The van der Waals surface area contributed by atoms with Crippen LogP contribution in [-0.2, 0) is 0 Å². The van der Waals surface area contributed by atoms with Crippen LogP contribution in [-0.4, -0.2) is 19.0 Å². The predicted molar refractivity (Wildman–Crippen MR) is 76.3 cm³/mol. The Morgan fingerprint density at radius 1 is 1.17 bits per heavy atom. The molecule has 2 unspecified atom stereocenters. The minimum absolute atomic E-state index is 0.0144. The molecule has 0 saturated carbocycles. The molecule has 2 atom stereocenters. The number of hydrogen-bond acceptors (Lipinski definition) is 2. The van der Waals surface area contributed by atoms with Crippen LogP contribution >= 0.6 is 0 Å². The molecule has 0 radical (unpaired) electrons. The summed E-state index contributed by atoms with van der Waals surface area (Å²) in [6.07, 6.45) is 0. The number of nitrogens with zero attached hydrogens (tertiary/aromatic N) is 2. The van der Waals surface area contributed by atoms with E-state index in [4.69, 9.17) is 0 Å². The molecule has 98 valence electrons. The van der Waals surface area contributed by atoms with E-state index in [0.717, 1.165) is 0 Å². The van der Waals surface area contributed by atoms with Crippen LogP contribution in [0.1, 0.15) is 36.6 Å². The lowest BCUT2D eigenvalue weighted by Gasteiger charge is -2.32. The van der Waals surface area contributed by atoms with Crippen molar-refractivity contribution in [3.05, 3.63) is 34.9 Å². The molecular formula is C16H24N2. The zero-order valence-electron chi connectivity index (χ0n) is 12.4. The van der Waals surface area contributed by atoms with Gasteiger partial charge in [0.1, 0.15) is 0 Å². The van der Waals surface area contributed by atoms with Crippen molar-refractivity contribution in [3.63, 3.8) is 0 Å². The third-order valence-electron chi connectivity index (χ3n) is 3.52. The van der Waals surface area contributed by atoms with Crippen molar-refractivity contribution in [2.75, 3.05) is 14.1 Å². The largest absolute Gasteiger partial charge is 0.301 e. The van der Waals surface area contributed by atoms with Crippen LogP contribution in [0, 0.1) is 37.0 Å². The molecule has 18 heavy (non-hydrogen) atoms. The Bertz CT molecular complexity index is 441. The van der Waals surface area contributed by atoms with Gasteiger partial charge in [-0.05, 0) is 45.0 Å². The summed E-state index contributed by atoms with van der Waals surface area (Å²) >= 11 is 0. The molecule has 0 spiro atoms. The van der Waals surface area contributed by atoms with Gasteiger partial charge in [-0.25, -0.2) is 0 Å². The summed E-state index contributed by atoms with van der Waals surface area (Å²) in [5.41, 5.74) is 3.79. The minimum atomic E-state index is 0.0144. The van der Waals surface area contributed by atoms with Gasteiger partial charge in [-0.3, -0.25) is 0 Å². The molecule has 0 aromatic heterocycles. The summed E-state index contributed by atoms with van der Waals surface area (Å²) in [5, 5.41) is 9.46. The molecule has 0 aliphatic carbocycles. The van der Waals surface area contributed by atoms with Crippen molar-refractivity contribution in [3.8, 4) is 6.07 Å². The van der Waals surface area contributed by atoms with E-state index in [1.54, 1.807) is 0 Å². The van der Waals surface area contributed by atoms with Gasteiger partial charge >= 0.3 is 0 Å². The zero-order chi connectivity index (χ0) is 13.9. The second kappa shape index (κ2) is 6.02. The zero-order valence-corrected chi connectivity index (χ0v) is 12.4. The molecule has 1 aromatic carbocycles. The fourth-order valence-corrected chi connectivity index (χ4v) is 2.46. The van der Waals surface area contributed by atoms with Gasteiger partial charge in [0, 0.05) is 0 Å². The first-order valence-corrected chi connectivity index (χ1v) is 6.51. The first kappa shape index (κ1) is 14.7. The van der Waals surface area contributed by atoms with Crippen LogP contribution in [0.4, 0.5) is 0 Å². The molecule has 0 aliphatic heterocycles. The van der Waals surface area contributed by atoms with Gasteiger partial charge in [0.25, 0.3) is 0 Å². The van der Waals surface area contributed by atoms with Crippen molar-refractivity contribution in [2.24, 2.45) is 11.8 Å². The van der Waals surface area contributed by atoms with Gasteiger partial charge in [-0.2, -0.15) is 5.26 Å². The Kier molecular flexibility index (Phi) is 4.93. The van der Waals surface area contributed by atoms with Crippen LogP contribution < -0.4 is 0 Å². The summed E-state index contributed by atoms with van der Waals surface area (Å²) in [5.74, 6) is 0.364. The fraction of sp³-hybridized carbons (Fsp3) is 0.562. The van der Waals surface area contributed by atoms with Crippen LogP contribution in [0.3, 0.4) is 0 Å². The third kappa shape index (κ3) is 3.11. The van der Waals surface area contributed by atoms with Crippen LogP contribution in [0.2, 0.25) is 0 Å². The quantitative estimate of drug-likeness (QED) is 0.807.